The number of hydrogen-bond acceptors (Lipinski definition) is 6. The standard InChI is InChI=1S/C15H12N2O3S2/c1-20-10-4-2-9(3-5-10)11-6-21-14-13(11)15(17-8-16-14)22-7-12(18)19/h2-6,8H,7H2,1H3,(H,18,19). The van der Waals surface area contributed by atoms with Crippen molar-refractivity contribution in [1.29, 1.82) is 0 Å². The molecule has 112 valence electrons. The van der Waals surface area contributed by atoms with Gasteiger partial charge in [0.2, 0.25) is 0 Å². The molecule has 2 aromatic heterocycles. The normalized spacial score (nSPS) is 10.8. The van der Waals surface area contributed by atoms with Crippen molar-refractivity contribution in [2.75, 3.05) is 12.9 Å². The number of fused-ring (bicyclic) bond motifs is 1. The highest BCUT2D eigenvalue weighted by Gasteiger charge is 2.14. The van der Waals surface area contributed by atoms with Crippen molar-refractivity contribution >= 4 is 39.3 Å². The Balaban J connectivity index is 2.07. The zero-order chi connectivity index (χ0) is 15.5. The topological polar surface area (TPSA) is 72.3 Å². The molecule has 0 aliphatic carbocycles. The maximum atomic E-state index is 10.8. The van der Waals surface area contributed by atoms with Crippen LogP contribution in [0.25, 0.3) is 21.3 Å². The van der Waals surface area contributed by atoms with E-state index in [-0.39, 0.29) is 5.75 Å². The van der Waals surface area contributed by atoms with Gasteiger partial charge in [-0.25, -0.2) is 9.97 Å². The molecule has 0 saturated carbocycles. The highest BCUT2D eigenvalue weighted by molar-refractivity contribution is 8.00. The monoisotopic (exact) mass is 332 g/mol. The van der Waals surface area contributed by atoms with E-state index in [9.17, 15) is 4.79 Å². The smallest absolute Gasteiger partial charge is 0.313 e. The van der Waals surface area contributed by atoms with Gasteiger partial charge in [-0.3, -0.25) is 4.79 Å². The van der Waals surface area contributed by atoms with Crippen LogP contribution in [0.5, 0.6) is 5.75 Å². The molecule has 5 nitrogen and oxygen atoms in total. The molecule has 0 atom stereocenters. The first-order valence-corrected chi connectivity index (χ1v) is 8.27. The van der Waals surface area contributed by atoms with Crippen molar-refractivity contribution in [2.24, 2.45) is 0 Å². The number of rotatable bonds is 5. The summed E-state index contributed by atoms with van der Waals surface area (Å²) in [6.07, 6.45) is 1.47. The summed E-state index contributed by atoms with van der Waals surface area (Å²) in [5, 5.41) is 12.5. The molecule has 7 heteroatoms. The molecule has 3 aromatic rings. The second-order valence-corrected chi connectivity index (χ2v) is 6.24. The Morgan fingerprint density at radius 1 is 1.32 bits per heavy atom. The van der Waals surface area contributed by atoms with Crippen molar-refractivity contribution in [3.05, 3.63) is 36.0 Å². The number of benzene rings is 1. The molecule has 1 N–H and O–H groups in total. The van der Waals surface area contributed by atoms with Gasteiger partial charge in [-0.1, -0.05) is 23.9 Å². The average molecular weight is 332 g/mol. The molecule has 0 unspecified atom stereocenters. The van der Waals surface area contributed by atoms with Crippen LogP contribution in [0, 0.1) is 0 Å². The minimum Gasteiger partial charge on any atom is -0.497 e. The van der Waals surface area contributed by atoms with E-state index in [1.165, 1.54) is 29.4 Å². The first-order valence-electron chi connectivity index (χ1n) is 6.40. The Bertz CT molecular complexity index is 815. The number of carboxylic acids is 1. The second kappa shape index (κ2) is 6.33. The first-order chi connectivity index (χ1) is 10.7. The molecule has 1 aromatic carbocycles. The Kier molecular flexibility index (Phi) is 4.26. The Morgan fingerprint density at radius 3 is 2.77 bits per heavy atom. The molecule has 0 saturated heterocycles. The highest BCUT2D eigenvalue weighted by Crippen LogP contribution is 2.38. The summed E-state index contributed by atoms with van der Waals surface area (Å²) < 4.78 is 5.17. The van der Waals surface area contributed by atoms with Gasteiger partial charge in [0.05, 0.1) is 18.2 Å². The second-order valence-electron chi connectivity index (χ2n) is 4.42. The fraction of sp³-hybridized carbons (Fsp3) is 0.133. The van der Waals surface area contributed by atoms with Gasteiger partial charge >= 0.3 is 5.97 Å². The van der Waals surface area contributed by atoms with Crippen molar-refractivity contribution in [1.82, 2.24) is 9.97 Å². The third-order valence-corrected chi connectivity index (χ3v) is 4.93. The van der Waals surface area contributed by atoms with E-state index < -0.39 is 5.97 Å². The molecular formula is C15H12N2O3S2. The summed E-state index contributed by atoms with van der Waals surface area (Å²) in [6, 6.07) is 7.73. The van der Waals surface area contributed by atoms with Gasteiger partial charge in [-0.05, 0) is 17.7 Å². The van der Waals surface area contributed by atoms with E-state index in [1.54, 1.807) is 7.11 Å². The van der Waals surface area contributed by atoms with E-state index in [4.69, 9.17) is 9.84 Å². The number of ether oxygens (including phenoxy) is 1. The minimum absolute atomic E-state index is 0.0238. The molecule has 0 radical (unpaired) electrons. The van der Waals surface area contributed by atoms with Crippen LogP contribution >= 0.6 is 23.1 Å². The number of thiophene rings is 1. The number of carbonyl (C=O) groups is 1. The number of nitrogens with zero attached hydrogens (tertiary/aromatic N) is 2. The maximum Gasteiger partial charge on any atom is 0.313 e. The molecular weight excluding hydrogens is 320 g/mol. The molecule has 0 bridgehead atoms. The molecule has 3 rings (SSSR count). The molecule has 0 spiro atoms. The summed E-state index contributed by atoms with van der Waals surface area (Å²) in [6.45, 7) is 0. The zero-order valence-corrected chi connectivity index (χ0v) is 13.3. The van der Waals surface area contributed by atoms with Gasteiger partial charge in [0.15, 0.2) is 0 Å². The molecule has 22 heavy (non-hydrogen) atoms. The quantitative estimate of drug-likeness (QED) is 0.569. The Hall–Kier alpha value is -2.12. The number of methoxy groups -OCH3 is 1. The van der Waals surface area contributed by atoms with Crippen molar-refractivity contribution in [3.63, 3.8) is 0 Å². The number of hydrogen-bond donors (Lipinski definition) is 1. The SMILES string of the molecule is COc1ccc(-c2csc3ncnc(SCC(=O)O)c23)cc1. The van der Waals surface area contributed by atoms with Crippen LogP contribution in [0.2, 0.25) is 0 Å². The van der Waals surface area contributed by atoms with E-state index in [0.29, 0.717) is 5.03 Å². The van der Waals surface area contributed by atoms with Crippen molar-refractivity contribution in [2.45, 2.75) is 5.03 Å². The summed E-state index contributed by atoms with van der Waals surface area (Å²) in [4.78, 5) is 20.2. The fourth-order valence-electron chi connectivity index (χ4n) is 2.07. The third kappa shape index (κ3) is 2.90. The lowest BCUT2D eigenvalue weighted by atomic mass is 10.1. The van der Waals surface area contributed by atoms with Crippen LogP contribution in [-0.4, -0.2) is 33.9 Å². The van der Waals surface area contributed by atoms with Crippen molar-refractivity contribution < 1.29 is 14.6 Å². The highest BCUT2D eigenvalue weighted by atomic mass is 32.2. The van der Waals surface area contributed by atoms with Gasteiger partial charge in [0.1, 0.15) is 21.9 Å². The summed E-state index contributed by atoms with van der Waals surface area (Å²) in [5.74, 6) is -0.0951. The van der Waals surface area contributed by atoms with Crippen LogP contribution in [0.15, 0.2) is 41.0 Å². The summed E-state index contributed by atoms with van der Waals surface area (Å²) >= 11 is 2.73. The maximum absolute atomic E-state index is 10.8. The first kappa shape index (κ1) is 14.8. The molecule has 0 amide bonds. The summed E-state index contributed by atoms with van der Waals surface area (Å²) in [7, 11) is 1.63. The number of aliphatic carboxylic acids is 1. The van der Waals surface area contributed by atoms with E-state index in [2.05, 4.69) is 9.97 Å². The minimum atomic E-state index is -0.863. The van der Waals surface area contributed by atoms with Gasteiger partial charge in [-0.2, -0.15) is 0 Å². The number of aromatic nitrogens is 2. The molecule has 0 aliphatic rings. The zero-order valence-electron chi connectivity index (χ0n) is 11.6. The predicted molar refractivity (Wildman–Crippen MR) is 87.8 cm³/mol. The van der Waals surface area contributed by atoms with E-state index in [1.807, 2.05) is 29.6 Å². The number of carboxylic acid groups (broad SMARTS) is 1. The van der Waals surface area contributed by atoms with Gasteiger partial charge in [0, 0.05) is 10.9 Å². The van der Waals surface area contributed by atoms with Crippen LogP contribution in [0.1, 0.15) is 0 Å². The van der Waals surface area contributed by atoms with Crippen LogP contribution in [0.4, 0.5) is 0 Å². The molecule has 0 aliphatic heterocycles. The lowest BCUT2D eigenvalue weighted by Gasteiger charge is -2.05. The average Bonchev–Trinajstić information content (AvgIpc) is 2.97. The predicted octanol–water partition coefficient (Wildman–Crippen LogP) is 3.54. The van der Waals surface area contributed by atoms with Crippen molar-refractivity contribution in [3.8, 4) is 16.9 Å². The lowest BCUT2D eigenvalue weighted by Crippen LogP contribution is -1.98. The molecule has 0 fully saturated rings. The largest absolute Gasteiger partial charge is 0.497 e. The van der Waals surface area contributed by atoms with Crippen LogP contribution < -0.4 is 4.74 Å². The van der Waals surface area contributed by atoms with Gasteiger partial charge < -0.3 is 9.84 Å². The van der Waals surface area contributed by atoms with Crippen LogP contribution in [-0.2, 0) is 4.79 Å². The van der Waals surface area contributed by atoms with Gasteiger partial charge in [0.25, 0.3) is 0 Å². The lowest BCUT2D eigenvalue weighted by molar-refractivity contribution is -0.133. The third-order valence-electron chi connectivity index (χ3n) is 3.07. The van der Waals surface area contributed by atoms with Crippen LogP contribution in [0.3, 0.4) is 0 Å². The Morgan fingerprint density at radius 2 is 2.09 bits per heavy atom. The van der Waals surface area contributed by atoms with E-state index >= 15 is 0 Å². The fourth-order valence-corrected chi connectivity index (χ4v) is 3.78. The number of thioether (sulfide) groups is 1. The van der Waals surface area contributed by atoms with Gasteiger partial charge in [-0.15, -0.1) is 11.3 Å². The molecule has 2 heterocycles. The Labute approximate surface area is 135 Å². The van der Waals surface area contributed by atoms with E-state index in [0.717, 1.165) is 27.1 Å². The summed E-state index contributed by atoms with van der Waals surface area (Å²) in [5.41, 5.74) is 2.04.